The number of hydrogen-bond acceptors (Lipinski definition) is 4. The predicted molar refractivity (Wildman–Crippen MR) is 80.2 cm³/mol. The number of hydrogen-bond donors (Lipinski definition) is 2. The second-order valence-electron chi connectivity index (χ2n) is 4.73. The average molecular weight is 280 g/mol. The van der Waals surface area contributed by atoms with Gasteiger partial charge in [0.25, 0.3) is 0 Å². The number of benzene rings is 1. The van der Waals surface area contributed by atoms with Crippen LogP contribution in [-0.4, -0.2) is 38.8 Å². The molecule has 5 heteroatoms. The number of para-hydroxylation sites is 2. The second kappa shape index (κ2) is 9.34. The standard InChI is InChI=1S/C15H24N2O3/c1-12(2)20-14-8-5-4-7-13(14)17-15(18)11-16-9-6-10-19-3/h4-5,7-8,12,16H,6,9-11H2,1-3H3,(H,17,18). The maximum Gasteiger partial charge on any atom is 0.238 e. The zero-order valence-corrected chi connectivity index (χ0v) is 12.4. The Morgan fingerprint density at radius 2 is 2.05 bits per heavy atom. The fourth-order valence-electron chi connectivity index (χ4n) is 1.66. The monoisotopic (exact) mass is 280 g/mol. The van der Waals surface area contributed by atoms with Crippen molar-refractivity contribution in [2.24, 2.45) is 0 Å². The highest BCUT2D eigenvalue weighted by Gasteiger charge is 2.08. The first-order valence-corrected chi connectivity index (χ1v) is 6.88. The molecule has 0 bridgehead atoms. The minimum Gasteiger partial charge on any atom is -0.489 e. The first-order valence-electron chi connectivity index (χ1n) is 6.88. The van der Waals surface area contributed by atoms with E-state index in [4.69, 9.17) is 9.47 Å². The molecule has 0 saturated carbocycles. The van der Waals surface area contributed by atoms with E-state index in [0.29, 0.717) is 18.0 Å². The molecule has 0 unspecified atom stereocenters. The summed E-state index contributed by atoms with van der Waals surface area (Å²) in [5.41, 5.74) is 0.699. The molecule has 0 aliphatic rings. The van der Waals surface area contributed by atoms with Crippen LogP contribution in [0.2, 0.25) is 0 Å². The van der Waals surface area contributed by atoms with E-state index in [1.54, 1.807) is 7.11 Å². The van der Waals surface area contributed by atoms with Crippen LogP contribution in [0.1, 0.15) is 20.3 Å². The molecule has 0 aromatic heterocycles. The third-order valence-electron chi connectivity index (χ3n) is 2.51. The van der Waals surface area contributed by atoms with Crippen molar-refractivity contribution >= 4 is 11.6 Å². The lowest BCUT2D eigenvalue weighted by atomic mass is 10.3. The molecule has 0 aliphatic carbocycles. The molecule has 0 radical (unpaired) electrons. The predicted octanol–water partition coefficient (Wildman–Crippen LogP) is 2.04. The Kier molecular flexibility index (Phi) is 7.69. The smallest absolute Gasteiger partial charge is 0.238 e. The Morgan fingerprint density at radius 1 is 1.30 bits per heavy atom. The normalized spacial score (nSPS) is 10.6. The Bertz CT molecular complexity index is 408. The first kappa shape index (κ1) is 16.5. The number of methoxy groups -OCH3 is 1. The van der Waals surface area contributed by atoms with Crippen LogP contribution in [0.4, 0.5) is 5.69 Å². The summed E-state index contributed by atoms with van der Waals surface area (Å²) in [7, 11) is 1.67. The summed E-state index contributed by atoms with van der Waals surface area (Å²) in [5.74, 6) is 0.609. The van der Waals surface area contributed by atoms with E-state index < -0.39 is 0 Å². The first-order chi connectivity index (χ1) is 9.63. The Hall–Kier alpha value is -1.59. The van der Waals surface area contributed by atoms with Gasteiger partial charge in [0, 0.05) is 13.7 Å². The average Bonchev–Trinajstić information content (AvgIpc) is 2.40. The molecule has 1 amide bonds. The molecule has 0 heterocycles. The van der Waals surface area contributed by atoms with Gasteiger partial charge >= 0.3 is 0 Å². The zero-order chi connectivity index (χ0) is 14.8. The van der Waals surface area contributed by atoms with Gasteiger partial charge in [0.15, 0.2) is 0 Å². The lowest BCUT2D eigenvalue weighted by Gasteiger charge is -2.14. The SMILES string of the molecule is COCCCNCC(=O)Nc1ccccc1OC(C)C. The van der Waals surface area contributed by atoms with Crippen LogP contribution in [0.5, 0.6) is 5.75 Å². The van der Waals surface area contributed by atoms with Crippen LogP contribution in [0.25, 0.3) is 0 Å². The third kappa shape index (κ3) is 6.54. The van der Waals surface area contributed by atoms with E-state index in [0.717, 1.165) is 13.0 Å². The van der Waals surface area contributed by atoms with Gasteiger partial charge in [-0.05, 0) is 38.9 Å². The van der Waals surface area contributed by atoms with Crippen molar-refractivity contribution in [3.05, 3.63) is 24.3 Å². The minimum atomic E-state index is -0.0813. The minimum absolute atomic E-state index is 0.0696. The van der Waals surface area contributed by atoms with Crippen molar-refractivity contribution in [1.29, 1.82) is 0 Å². The van der Waals surface area contributed by atoms with E-state index >= 15 is 0 Å². The van der Waals surface area contributed by atoms with Crippen LogP contribution in [-0.2, 0) is 9.53 Å². The highest BCUT2D eigenvalue weighted by atomic mass is 16.5. The van der Waals surface area contributed by atoms with Crippen molar-refractivity contribution in [2.45, 2.75) is 26.4 Å². The number of carbonyl (C=O) groups is 1. The fourth-order valence-corrected chi connectivity index (χ4v) is 1.66. The summed E-state index contributed by atoms with van der Waals surface area (Å²) < 4.78 is 10.6. The quantitative estimate of drug-likeness (QED) is 0.680. The van der Waals surface area contributed by atoms with E-state index in [9.17, 15) is 4.79 Å². The topological polar surface area (TPSA) is 59.6 Å². The third-order valence-corrected chi connectivity index (χ3v) is 2.51. The molecular formula is C15H24N2O3. The van der Waals surface area contributed by atoms with E-state index in [1.807, 2.05) is 38.1 Å². The highest BCUT2D eigenvalue weighted by Crippen LogP contribution is 2.24. The summed E-state index contributed by atoms with van der Waals surface area (Å²) in [6.45, 7) is 5.64. The van der Waals surface area contributed by atoms with Gasteiger partial charge in [0.05, 0.1) is 18.3 Å². The van der Waals surface area contributed by atoms with Crippen LogP contribution in [0.15, 0.2) is 24.3 Å². The lowest BCUT2D eigenvalue weighted by molar-refractivity contribution is -0.115. The van der Waals surface area contributed by atoms with Gasteiger partial charge < -0.3 is 20.1 Å². The molecule has 0 atom stereocenters. The number of nitrogens with one attached hydrogen (secondary N) is 2. The summed E-state index contributed by atoms with van der Waals surface area (Å²) in [6.07, 6.45) is 0.955. The van der Waals surface area contributed by atoms with Crippen molar-refractivity contribution in [3.63, 3.8) is 0 Å². The molecule has 0 spiro atoms. The van der Waals surface area contributed by atoms with Crippen molar-refractivity contribution in [1.82, 2.24) is 5.32 Å². The van der Waals surface area contributed by atoms with Crippen LogP contribution >= 0.6 is 0 Å². The fraction of sp³-hybridized carbons (Fsp3) is 0.533. The van der Waals surface area contributed by atoms with Gasteiger partial charge in [-0.1, -0.05) is 12.1 Å². The molecule has 20 heavy (non-hydrogen) atoms. The molecule has 1 rings (SSSR count). The van der Waals surface area contributed by atoms with Gasteiger partial charge in [0.1, 0.15) is 5.75 Å². The van der Waals surface area contributed by atoms with E-state index in [2.05, 4.69) is 10.6 Å². The highest BCUT2D eigenvalue weighted by molar-refractivity contribution is 5.93. The van der Waals surface area contributed by atoms with Crippen LogP contribution in [0.3, 0.4) is 0 Å². The molecule has 112 valence electrons. The number of amides is 1. The van der Waals surface area contributed by atoms with Crippen molar-refractivity contribution < 1.29 is 14.3 Å². The Morgan fingerprint density at radius 3 is 2.75 bits per heavy atom. The molecule has 0 saturated heterocycles. The molecular weight excluding hydrogens is 256 g/mol. The lowest BCUT2D eigenvalue weighted by Crippen LogP contribution is -2.29. The van der Waals surface area contributed by atoms with Crippen LogP contribution < -0.4 is 15.4 Å². The molecule has 0 fully saturated rings. The van der Waals surface area contributed by atoms with E-state index in [-0.39, 0.29) is 18.6 Å². The molecule has 1 aromatic rings. The van der Waals surface area contributed by atoms with Gasteiger partial charge in [-0.25, -0.2) is 0 Å². The van der Waals surface area contributed by atoms with Gasteiger partial charge in [0.2, 0.25) is 5.91 Å². The zero-order valence-electron chi connectivity index (χ0n) is 12.4. The second-order valence-corrected chi connectivity index (χ2v) is 4.73. The summed E-state index contributed by atoms with van der Waals surface area (Å²) in [4.78, 5) is 11.8. The van der Waals surface area contributed by atoms with Gasteiger partial charge in [-0.15, -0.1) is 0 Å². The maximum absolute atomic E-state index is 11.8. The Balaban J connectivity index is 2.41. The summed E-state index contributed by atoms with van der Waals surface area (Å²) in [5, 5.41) is 5.92. The number of rotatable bonds is 9. The number of anilines is 1. The maximum atomic E-state index is 11.8. The number of carbonyl (C=O) groups excluding carboxylic acids is 1. The molecule has 1 aromatic carbocycles. The Labute approximate surface area is 120 Å². The van der Waals surface area contributed by atoms with Crippen LogP contribution in [0, 0.1) is 0 Å². The van der Waals surface area contributed by atoms with Crippen molar-refractivity contribution in [3.8, 4) is 5.75 Å². The molecule has 5 nitrogen and oxygen atoms in total. The van der Waals surface area contributed by atoms with Crippen molar-refractivity contribution in [2.75, 3.05) is 32.1 Å². The largest absolute Gasteiger partial charge is 0.489 e. The number of ether oxygens (including phenoxy) is 2. The van der Waals surface area contributed by atoms with Gasteiger partial charge in [-0.2, -0.15) is 0 Å². The summed E-state index contributed by atoms with van der Waals surface area (Å²) >= 11 is 0. The molecule has 0 aliphatic heterocycles. The van der Waals surface area contributed by atoms with E-state index in [1.165, 1.54) is 0 Å². The van der Waals surface area contributed by atoms with Gasteiger partial charge in [-0.3, -0.25) is 4.79 Å². The molecule has 2 N–H and O–H groups in total. The summed E-state index contributed by atoms with van der Waals surface area (Å²) in [6, 6.07) is 7.44.